The van der Waals surface area contributed by atoms with Crippen LogP contribution in [0.4, 0.5) is 5.82 Å². The summed E-state index contributed by atoms with van der Waals surface area (Å²) in [5.41, 5.74) is -0.142. The van der Waals surface area contributed by atoms with Crippen LogP contribution in [-0.2, 0) is 0 Å². The largest absolute Gasteiger partial charge is 0.478 e. The third-order valence-electron chi connectivity index (χ3n) is 1.94. The molecule has 0 saturated heterocycles. The molecule has 0 aliphatic carbocycles. The van der Waals surface area contributed by atoms with Crippen LogP contribution in [0.3, 0.4) is 0 Å². The van der Waals surface area contributed by atoms with Crippen molar-refractivity contribution in [3.63, 3.8) is 0 Å². The first-order valence-corrected chi connectivity index (χ1v) is 3.94. The van der Waals surface area contributed by atoms with E-state index in [0.717, 1.165) is 0 Å². The van der Waals surface area contributed by atoms with Gasteiger partial charge in [-0.25, -0.2) is 4.79 Å². The molecule has 7 heteroatoms. The Morgan fingerprint density at radius 3 is 2.93 bits per heavy atom. The highest BCUT2D eigenvalue weighted by Gasteiger charge is 2.21. The number of carbonyl (C=O) groups is 1. The molecule has 0 fully saturated rings. The molecule has 15 heavy (non-hydrogen) atoms. The van der Waals surface area contributed by atoms with E-state index in [0.29, 0.717) is 0 Å². The maximum atomic E-state index is 10.8. The van der Waals surface area contributed by atoms with Crippen LogP contribution >= 0.6 is 0 Å². The lowest BCUT2D eigenvalue weighted by molar-refractivity contribution is -0.387. The number of fused-ring (bicyclic) bond motifs is 1. The zero-order valence-electron chi connectivity index (χ0n) is 7.32. The van der Waals surface area contributed by atoms with Gasteiger partial charge in [-0.15, -0.1) is 0 Å². The third-order valence-corrected chi connectivity index (χ3v) is 1.94. The molecule has 1 N–H and O–H groups in total. The molecule has 0 aromatic carbocycles. The summed E-state index contributed by atoms with van der Waals surface area (Å²) < 4.78 is 1.31. The van der Waals surface area contributed by atoms with Gasteiger partial charge in [0.05, 0.1) is 5.56 Å². The molecule has 0 aliphatic heterocycles. The van der Waals surface area contributed by atoms with Gasteiger partial charge >= 0.3 is 11.8 Å². The molecule has 0 radical (unpaired) electrons. The molecule has 0 aliphatic rings. The number of rotatable bonds is 2. The molecular weight excluding hydrogens is 202 g/mol. The summed E-state index contributed by atoms with van der Waals surface area (Å²) in [6.07, 6.45) is 2.71. The number of carboxylic acids is 1. The predicted octanol–water partition coefficient (Wildman–Crippen LogP) is 0.941. The molecule has 0 atom stereocenters. The summed E-state index contributed by atoms with van der Waals surface area (Å²) in [5, 5.41) is 19.4. The summed E-state index contributed by atoms with van der Waals surface area (Å²) in [7, 11) is 0. The number of imidazole rings is 1. The van der Waals surface area contributed by atoms with Crippen molar-refractivity contribution >= 4 is 17.3 Å². The van der Waals surface area contributed by atoms with Gasteiger partial charge in [-0.3, -0.25) is 4.40 Å². The van der Waals surface area contributed by atoms with Crippen LogP contribution in [0.15, 0.2) is 24.7 Å². The van der Waals surface area contributed by atoms with Gasteiger partial charge < -0.3 is 15.2 Å². The SMILES string of the molecule is O=C(O)c1cccn2cnc([N+](=O)[O-])c12. The van der Waals surface area contributed by atoms with E-state index in [1.54, 1.807) is 0 Å². The molecule has 76 valence electrons. The van der Waals surface area contributed by atoms with E-state index in [9.17, 15) is 14.9 Å². The summed E-state index contributed by atoms with van der Waals surface area (Å²) in [5.74, 6) is -1.67. The minimum absolute atomic E-state index is 0.00463. The van der Waals surface area contributed by atoms with Crippen LogP contribution in [0.1, 0.15) is 10.4 Å². The Kier molecular flexibility index (Phi) is 1.86. The molecule has 2 rings (SSSR count). The van der Waals surface area contributed by atoms with E-state index in [1.165, 1.54) is 29.1 Å². The normalized spacial score (nSPS) is 10.4. The minimum atomic E-state index is -1.22. The number of nitrogens with zero attached hydrogens (tertiary/aromatic N) is 3. The second-order valence-electron chi connectivity index (χ2n) is 2.81. The van der Waals surface area contributed by atoms with Crippen molar-refractivity contribution < 1.29 is 14.8 Å². The highest BCUT2D eigenvalue weighted by atomic mass is 16.6. The summed E-state index contributed by atoms with van der Waals surface area (Å²) in [6, 6.07) is 2.79. The van der Waals surface area contributed by atoms with Crippen molar-refractivity contribution in [3.8, 4) is 0 Å². The molecular formula is C8H5N3O4. The molecule has 2 aromatic rings. The van der Waals surface area contributed by atoms with Crippen LogP contribution in [0, 0.1) is 10.1 Å². The lowest BCUT2D eigenvalue weighted by Crippen LogP contribution is -2.01. The summed E-state index contributed by atoms with van der Waals surface area (Å²) >= 11 is 0. The Hall–Kier alpha value is -2.44. The number of nitro groups is 1. The van der Waals surface area contributed by atoms with Gasteiger partial charge in [0.15, 0.2) is 5.52 Å². The van der Waals surface area contributed by atoms with E-state index >= 15 is 0 Å². The van der Waals surface area contributed by atoms with E-state index in [4.69, 9.17) is 5.11 Å². The van der Waals surface area contributed by atoms with Crippen molar-refractivity contribution in [2.45, 2.75) is 0 Å². The smallest absolute Gasteiger partial charge is 0.390 e. The van der Waals surface area contributed by atoms with Gasteiger partial charge in [-0.2, -0.15) is 0 Å². The van der Waals surface area contributed by atoms with E-state index in [1.807, 2.05) is 0 Å². The Balaban J connectivity index is 2.86. The van der Waals surface area contributed by atoms with Crippen LogP contribution < -0.4 is 0 Å². The maximum Gasteiger partial charge on any atom is 0.390 e. The Bertz CT molecular complexity index is 560. The second-order valence-corrected chi connectivity index (χ2v) is 2.81. The van der Waals surface area contributed by atoms with Crippen molar-refractivity contribution in [1.29, 1.82) is 0 Å². The standard InChI is InChI=1S/C8H5N3O4/c12-8(13)5-2-1-3-10-4-9-7(6(5)10)11(14)15/h1-4H,(H,12,13). The molecule has 2 heterocycles. The van der Waals surface area contributed by atoms with Crippen molar-refractivity contribution in [2.75, 3.05) is 0 Å². The summed E-state index contributed by atoms with van der Waals surface area (Å²) in [4.78, 5) is 24.2. The van der Waals surface area contributed by atoms with Crippen molar-refractivity contribution in [1.82, 2.24) is 9.38 Å². The number of carboxylic acid groups (broad SMARTS) is 1. The fourth-order valence-electron chi connectivity index (χ4n) is 1.34. The van der Waals surface area contributed by atoms with Gasteiger partial charge in [0.2, 0.25) is 6.33 Å². The fraction of sp³-hybridized carbons (Fsp3) is 0. The van der Waals surface area contributed by atoms with E-state index in [2.05, 4.69) is 4.98 Å². The number of hydrogen-bond acceptors (Lipinski definition) is 4. The van der Waals surface area contributed by atoms with Crippen LogP contribution in [0.5, 0.6) is 0 Å². The molecule has 2 aromatic heterocycles. The predicted molar refractivity (Wildman–Crippen MR) is 48.8 cm³/mol. The lowest BCUT2D eigenvalue weighted by Gasteiger charge is -1.97. The molecule has 0 saturated carbocycles. The monoisotopic (exact) mass is 207 g/mol. The van der Waals surface area contributed by atoms with Crippen LogP contribution in [0.25, 0.3) is 5.52 Å². The number of hydrogen-bond donors (Lipinski definition) is 1. The Morgan fingerprint density at radius 1 is 1.60 bits per heavy atom. The van der Waals surface area contributed by atoms with Gasteiger partial charge in [0.25, 0.3) is 0 Å². The molecule has 0 amide bonds. The van der Waals surface area contributed by atoms with E-state index in [-0.39, 0.29) is 11.1 Å². The van der Waals surface area contributed by atoms with Gasteiger partial charge in [0, 0.05) is 6.20 Å². The van der Waals surface area contributed by atoms with Gasteiger partial charge in [-0.1, -0.05) is 0 Å². The topological polar surface area (TPSA) is 97.7 Å². The zero-order chi connectivity index (χ0) is 11.0. The average Bonchev–Trinajstić information content (AvgIpc) is 2.60. The van der Waals surface area contributed by atoms with E-state index < -0.39 is 16.7 Å². The first kappa shape index (κ1) is 9.13. The average molecular weight is 207 g/mol. The summed E-state index contributed by atoms with van der Waals surface area (Å²) in [6.45, 7) is 0. The maximum absolute atomic E-state index is 10.8. The quantitative estimate of drug-likeness (QED) is 0.583. The number of pyridine rings is 1. The van der Waals surface area contributed by atoms with Crippen molar-refractivity contribution in [2.24, 2.45) is 0 Å². The first-order chi connectivity index (χ1) is 7.11. The molecule has 7 nitrogen and oxygen atoms in total. The fourth-order valence-corrected chi connectivity index (χ4v) is 1.34. The van der Waals surface area contributed by atoms with Crippen LogP contribution in [-0.4, -0.2) is 25.4 Å². The molecule has 0 spiro atoms. The highest BCUT2D eigenvalue weighted by Crippen LogP contribution is 2.21. The second kappa shape index (κ2) is 3.05. The Labute approximate surface area is 82.7 Å². The zero-order valence-corrected chi connectivity index (χ0v) is 7.32. The first-order valence-electron chi connectivity index (χ1n) is 3.94. The minimum Gasteiger partial charge on any atom is -0.478 e. The number of aromatic carboxylic acids is 1. The molecule has 0 bridgehead atoms. The lowest BCUT2D eigenvalue weighted by atomic mass is 10.2. The van der Waals surface area contributed by atoms with Crippen molar-refractivity contribution in [3.05, 3.63) is 40.3 Å². The third kappa shape index (κ3) is 1.30. The number of aromatic nitrogens is 2. The van der Waals surface area contributed by atoms with Gasteiger partial charge in [-0.05, 0) is 22.0 Å². The Morgan fingerprint density at radius 2 is 2.33 bits per heavy atom. The highest BCUT2D eigenvalue weighted by molar-refractivity contribution is 5.97. The van der Waals surface area contributed by atoms with Gasteiger partial charge in [0.1, 0.15) is 0 Å². The molecule has 0 unspecified atom stereocenters. The van der Waals surface area contributed by atoms with Crippen LogP contribution in [0.2, 0.25) is 0 Å².